The maximum atomic E-state index is 6.35. The van der Waals surface area contributed by atoms with Crippen LogP contribution in [0.2, 0.25) is 0 Å². The minimum atomic E-state index is 0.135. The topological polar surface area (TPSA) is 63.2 Å². The van der Waals surface area contributed by atoms with E-state index < -0.39 is 0 Å². The van der Waals surface area contributed by atoms with Gasteiger partial charge >= 0.3 is 0 Å². The van der Waals surface area contributed by atoms with Gasteiger partial charge in [0.2, 0.25) is 0 Å². The van der Waals surface area contributed by atoms with Crippen LogP contribution in [-0.2, 0) is 6.42 Å². The van der Waals surface area contributed by atoms with Crippen molar-refractivity contribution in [3.05, 3.63) is 12.2 Å². The van der Waals surface area contributed by atoms with E-state index in [1.165, 1.54) is 0 Å². The van der Waals surface area contributed by atoms with Crippen LogP contribution in [-0.4, -0.2) is 70.4 Å². The molecule has 0 saturated carbocycles. The zero-order valence-corrected chi connectivity index (χ0v) is 13.2. The third-order valence-corrected chi connectivity index (χ3v) is 4.14. The summed E-state index contributed by atoms with van der Waals surface area (Å²) in [6, 6.07) is 1.01. The molecule has 0 spiro atoms. The van der Waals surface area contributed by atoms with Gasteiger partial charge in [0.05, 0.1) is 0 Å². The first-order valence-electron chi connectivity index (χ1n) is 7.50. The molecule has 0 radical (unpaired) electrons. The van der Waals surface area contributed by atoms with E-state index in [-0.39, 0.29) is 6.04 Å². The number of rotatable bonds is 5. The van der Waals surface area contributed by atoms with Gasteiger partial charge in [-0.1, -0.05) is 0 Å². The normalized spacial score (nSPS) is 23.4. The maximum absolute atomic E-state index is 6.35. The van der Waals surface area contributed by atoms with Crippen LogP contribution >= 0.6 is 0 Å². The number of hydrogen-bond acceptors (Lipinski definition) is 5. The molecule has 1 aliphatic heterocycles. The Morgan fingerprint density at radius 2 is 2.10 bits per heavy atom. The second-order valence-electron chi connectivity index (χ2n) is 6.31. The summed E-state index contributed by atoms with van der Waals surface area (Å²) in [4.78, 5) is 9.16. The Labute approximate surface area is 121 Å². The Balaban J connectivity index is 1.91. The summed E-state index contributed by atoms with van der Waals surface area (Å²) in [5.41, 5.74) is 6.35. The van der Waals surface area contributed by atoms with E-state index in [0.29, 0.717) is 12.1 Å². The van der Waals surface area contributed by atoms with Crippen molar-refractivity contribution >= 4 is 0 Å². The fourth-order valence-electron chi connectivity index (χ4n) is 2.87. The SMILES string of the molecule is CC(C)n1ncnc1CC(N)CC1CN(C)CCN1C. The zero-order chi connectivity index (χ0) is 14.7. The molecule has 0 aliphatic carbocycles. The van der Waals surface area contributed by atoms with Gasteiger partial charge in [0.1, 0.15) is 12.2 Å². The summed E-state index contributed by atoms with van der Waals surface area (Å²) < 4.78 is 1.97. The first-order chi connectivity index (χ1) is 9.47. The highest BCUT2D eigenvalue weighted by molar-refractivity contribution is 4.92. The van der Waals surface area contributed by atoms with Gasteiger partial charge in [-0.25, -0.2) is 9.67 Å². The molecule has 0 amide bonds. The smallest absolute Gasteiger partial charge is 0.138 e. The highest BCUT2D eigenvalue weighted by atomic mass is 15.3. The number of aromatic nitrogens is 3. The number of nitrogens with two attached hydrogens (primary N) is 1. The highest BCUT2D eigenvalue weighted by Crippen LogP contribution is 2.14. The van der Waals surface area contributed by atoms with E-state index in [1.807, 2.05) is 4.68 Å². The minimum Gasteiger partial charge on any atom is -0.327 e. The Morgan fingerprint density at radius 3 is 2.80 bits per heavy atom. The lowest BCUT2D eigenvalue weighted by atomic mass is 10.0. The monoisotopic (exact) mass is 280 g/mol. The Bertz CT molecular complexity index is 416. The van der Waals surface area contributed by atoms with Gasteiger partial charge < -0.3 is 15.5 Å². The van der Waals surface area contributed by atoms with Crippen molar-refractivity contribution in [3.63, 3.8) is 0 Å². The van der Waals surface area contributed by atoms with Crippen molar-refractivity contribution in [1.82, 2.24) is 24.6 Å². The van der Waals surface area contributed by atoms with Crippen LogP contribution < -0.4 is 5.73 Å². The summed E-state index contributed by atoms with van der Waals surface area (Å²) in [5, 5.41) is 4.27. The van der Waals surface area contributed by atoms with Gasteiger partial charge in [0, 0.05) is 44.2 Å². The van der Waals surface area contributed by atoms with Crippen LogP contribution in [0.3, 0.4) is 0 Å². The van der Waals surface area contributed by atoms with E-state index >= 15 is 0 Å². The first kappa shape index (κ1) is 15.4. The predicted molar refractivity (Wildman–Crippen MR) is 80.6 cm³/mol. The molecule has 2 rings (SSSR count). The largest absolute Gasteiger partial charge is 0.327 e. The average Bonchev–Trinajstić information content (AvgIpc) is 2.82. The van der Waals surface area contributed by atoms with Gasteiger partial charge in [-0.3, -0.25) is 0 Å². The molecule has 2 heterocycles. The van der Waals surface area contributed by atoms with Crippen molar-refractivity contribution in [2.45, 2.75) is 44.8 Å². The molecule has 1 aromatic rings. The quantitative estimate of drug-likeness (QED) is 0.844. The van der Waals surface area contributed by atoms with Crippen molar-refractivity contribution in [2.24, 2.45) is 5.73 Å². The Kier molecular flexibility index (Phi) is 5.12. The molecular weight excluding hydrogens is 252 g/mol. The van der Waals surface area contributed by atoms with Gasteiger partial charge in [-0.2, -0.15) is 5.10 Å². The molecule has 6 nitrogen and oxygen atoms in total. The summed E-state index contributed by atoms with van der Waals surface area (Å²) in [5.74, 6) is 0.999. The van der Waals surface area contributed by atoms with E-state index in [0.717, 1.165) is 38.3 Å². The standard InChI is InChI=1S/C14H28N6/c1-11(2)20-14(16-10-17-20)8-12(15)7-13-9-18(3)5-6-19(13)4/h10-13H,5-9,15H2,1-4H3. The summed E-state index contributed by atoms with van der Waals surface area (Å²) in [6.45, 7) is 7.60. The van der Waals surface area contributed by atoms with Gasteiger partial charge in [-0.15, -0.1) is 0 Å². The molecule has 0 bridgehead atoms. The van der Waals surface area contributed by atoms with Crippen LogP contribution in [0, 0.1) is 0 Å². The third-order valence-electron chi connectivity index (χ3n) is 4.14. The molecule has 0 aromatic carbocycles. The number of hydrogen-bond donors (Lipinski definition) is 1. The van der Waals surface area contributed by atoms with Crippen LogP contribution in [0.15, 0.2) is 6.33 Å². The van der Waals surface area contributed by atoms with E-state index in [2.05, 4.69) is 47.8 Å². The van der Waals surface area contributed by atoms with Crippen molar-refractivity contribution in [2.75, 3.05) is 33.7 Å². The molecule has 6 heteroatoms. The number of piperazine rings is 1. The van der Waals surface area contributed by atoms with Crippen molar-refractivity contribution < 1.29 is 0 Å². The lowest BCUT2D eigenvalue weighted by molar-refractivity contribution is 0.104. The van der Waals surface area contributed by atoms with Gasteiger partial charge in [0.15, 0.2) is 0 Å². The lowest BCUT2D eigenvalue weighted by Crippen LogP contribution is -2.52. The zero-order valence-electron chi connectivity index (χ0n) is 13.2. The maximum Gasteiger partial charge on any atom is 0.138 e. The van der Waals surface area contributed by atoms with Crippen molar-refractivity contribution in [1.29, 1.82) is 0 Å². The Hall–Kier alpha value is -0.980. The second kappa shape index (κ2) is 6.65. The molecule has 2 N–H and O–H groups in total. The molecule has 2 unspecified atom stereocenters. The summed E-state index contributed by atoms with van der Waals surface area (Å²) in [6.07, 6.45) is 3.43. The second-order valence-corrected chi connectivity index (χ2v) is 6.31. The molecular formula is C14H28N6. The average molecular weight is 280 g/mol. The molecule has 114 valence electrons. The summed E-state index contributed by atoms with van der Waals surface area (Å²) in [7, 11) is 4.38. The third kappa shape index (κ3) is 3.77. The van der Waals surface area contributed by atoms with E-state index in [1.54, 1.807) is 6.33 Å². The molecule has 20 heavy (non-hydrogen) atoms. The number of nitrogens with zero attached hydrogens (tertiary/aromatic N) is 5. The molecule has 1 aliphatic rings. The molecule has 1 fully saturated rings. The van der Waals surface area contributed by atoms with Crippen molar-refractivity contribution in [3.8, 4) is 0 Å². The van der Waals surface area contributed by atoms with E-state index in [9.17, 15) is 0 Å². The first-order valence-corrected chi connectivity index (χ1v) is 7.50. The Morgan fingerprint density at radius 1 is 1.35 bits per heavy atom. The van der Waals surface area contributed by atoms with Crippen LogP contribution in [0.25, 0.3) is 0 Å². The summed E-state index contributed by atoms with van der Waals surface area (Å²) >= 11 is 0. The predicted octanol–water partition coefficient (Wildman–Crippen LogP) is 0.365. The molecule has 2 atom stereocenters. The van der Waals surface area contributed by atoms with E-state index in [4.69, 9.17) is 5.73 Å². The van der Waals surface area contributed by atoms with Crippen LogP contribution in [0.4, 0.5) is 0 Å². The van der Waals surface area contributed by atoms with Crippen LogP contribution in [0.5, 0.6) is 0 Å². The lowest BCUT2D eigenvalue weighted by Gasteiger charge is -2.38. The highest BCUT2D eigenvalue weighted by Gasteiger charge is 2.24. The van der Waals surface area contributed by atoms with Crippen LogP contribution in [0.1, 0.15) is 32.1 Å². The molecule has 1 saturated heterocycles. The van der Waals surface area contributed by atoms with Gasteiger partial charge in [-0.05, 0) is 34.4 Å². The minimum absolute atomic E-state index is 0.135. The fourth-order valence-corrected chi connectivity index (χ4v) is 2.87. The number of likely N-dealkylation sites (N-methyl/N-ethyl adjacent to an activating group) is 2. The van der Waals surface area contributed by atoms with Gasteiger partial charge in [0.25, 0.3) is 0 Å². The fraction of sp³-hybridized carbons (Fsp3) is 0.857. The molecule has 1 aromatic heterocycles.